The topological polar surface area (TPSA) is 29.1 Å². The van der Waals surface area contributed by atoms with Crippen LogP contribution in [0.5, 0.6) is 0 Å². The number of hydrogen-bond acceptors (Lipinski definition) is 1. The van der Waals surface area contributed by atoms with Gasteiger partial charge < -0.3 is 9.80 Å². The molecule has 0 spiro atoms. The molecule has 94 valence electrons. The first-order valence-electron chi connectivity index (χ1n) is 5.87. The van der Waals surface area contributed by atoms with Gasteiger partial charge in [0.15, 0.2) is 0 Å². The van der Waals surface area contributed by atoms with Crippen molar-refractivity contribution in [1.29, 1.82) is 0 Å². The Hall–Kier alpha value is -0.400. The highest BCUT2D eigenvalue weighted by Gasteiger charge is 2.04. The summed E-state index contributed by atoms with van der Waals surface area (Å²) in [5.41, 5.74) is 0. The molecule has 4 heteroatoms. The zero-order valence-corrected chi connectivity index (χ0v) is 12.0. The molecule has 0 heterocycles. The van der Waals surface area contributed by atoms with E-state index in [0.29, 0.717) is 0 Å². The van der Waals surface area contributed by atoms with E-state index in [4.69, 9.17) is 0 Å². The van der Waals surface area contributed by atoms with Crippen LogP contribution >= 0.6 is 8.58 Å². The van der Waals surface area contributed by atoms with Crippen molar-refractivity contribution in [3.05, 3.63) is 12.2 Å². The Balaban J connectivity index is 3.25. The molecule has 0 aromatic carbocycles. The standard InChI is InChI=1S/C12H25N2OP/c1-5-7-12(15)13-8-6-10-16-11-9-14(2,3)4/h5,7,16H,6,8-11H2,1-4H3/p+1. The van der Waals surface area contributed by atoms with Gasteiger partial charge in [-0.2, -0.15) is 0 Å². The average molecular weight is 245 g/mol. The quantitative estimate of drug-likeness (QED) is 0.298. The van der Waals surface area contributed by atoms with Gasteiger partial charge in [-0.1, -0.05) is 6.08 Å². The maximum Gasteiger partial charge on any atom is 0.243 e. The van der Waals surface area contributed by atoms with Crippen LogP contribution in [-0.2, 0) is 4.79 Å². The van der Waals surface area contributed by atoms with E-state index in [0.717, 1.165) is 26.0 Å². The van der Waals surface area contributed by atoms with Crippen molar-refractivity contribution in [3.8, 4) is 0 Å². The minimum Gasteiger partial charge on any atom is -0.353 e. The summed E-state index contributed by atoms with van der Waals surface area (Å²) >= 11 is 0. The van der Waals surface area contributed by atoms with Gasteiger partial charge in [0, 0.05) is 12.7 Å². The number of amides is 1. The zero-order valence-electron chi connectivity index (χ0n) is 11.0. The summed E-state index contributed by atoms with van der Waals surface area (Å²) in [7, 11) is 7.70. The summed E-state index contributed by atoms with van der Waals surface area (Å²) in [5, 5.41) is 2.87. The maximum atomic E-state index is 11.1. The minimum absolute atomic E-state index is 0.0252. The van der Waals surface area contributed by atoms with E-state index in [9.17, 15) is 4.79 Å². The Labute approximate surface area is 102 Å². The monoisotopic (exact) mass is 245 g/mol. The second-order valence-corrected chi connectivity index (χ2v) is 6.41. The first-order valence-corrected chi connectivity index (χ1v) is 7.29. The van der Waals surface area contributed by atoms with E-state index in [2.05, 4.69) is 26.5 Å². The fourth-order valence-corrected chi connectivity index (χ4v) is 2.68. The van der Waals surface area contributed by atoms with Gasteiger partial charge in [0.25, 0.3) is 0 Å². The van der Waals surface area contributed by atoms with Crippen LogP contribution in [0.15, 0.2) is 12.2 Å². The lowest BCUT2D eigenvalue weighted by Crippen LogP contribution is -2.36. The smallest absolute Gasteiger partial charge is 0.243 e. The summed E-state index contributed by atoms with van der Waals surface area (Å²) in [6, 6.07) is 0. The molecule has 1 amide bonds. The largest absolute Gasteiger partial charge is 0.353 e. The van der Waals surface area contributed by atoms with Gasteiger partial charge in [0.1, 0.15) is 0 Å². The number of nitrogens with zero attached hydrogens (tertiary/aromatic N) is 1. The SMILES string of the molecule is CC=CC(=O)NCCCPCC[N+](C)(C)C. The fourth-order valence-electron chi connectivity index (χ4n) is 1.17. The van der Waals surface area contributed by atoms with E-state index in [-0.39, 0.29) is 5.91 Å². The predicted octanol–water partition coefficient (Wildman–Crippen LogP) is 1.45. The first-order chi connectivity index (χ1) is 7.45. The van der Waals surface area contributed by atoms with Crippen LogP contribution in [0.4, 0.5) is 0 Å². The third-order valence-corrected chi connectivity index (χ3v) is 3.39. The highest BCUT2D eigenvalue weighted by Crippen LogP contribution is 2.11. The van der Waals surface area contributed by atoms with Gasteiger partial charge in [-0.3, -0.25) is 4.79 Å². The van der Waals surface area contributed by atoms with Crippen molar-refractivity contribution in [2.24, 2.45) is 0 Å². The molecule has 0 aliphatic heterocycles. The van der Waals surface area contributed by atoms with E-state index in [1.54, 1.807) is 12.2 Å². The lowest BCUT2D eigenvalue weighted by Gasteiger charge is -2.23. The summed E-state index contributed by atoms with van der Waals surface area (Å²) in [6.07, 6.45) is 6.96. The highest BCUT2D eigenvalue weighted by molar-refractivity contribution is 7.37. The molecule has 0 fully saturated rings. The molecule has 0 saturated heterocycles. The molecular formula is C12H26N2OP+. The molecular weight excluding hydrogens is 219 g/mol. The number of hydrogen-bond donors (Lipinski definition) is 1. The average Bonchev–Trinajstić information content (AvgIpc) is 2.15. The van der Waals surface area contributed by atoms with Crippen molar-refractivity contribution in [3.63, 3.8) is 0 Å². The van der Waals surface area contributed by atoms with Crippen LogP contribution in [0.25, 0.3) is 0 Å². The van der Waals surface area contributed by atoms with Crippen molar-refractivity contribution in [1.82, 2.24) is 5.32 Å². The van der Waals surface area contributed by atoms with Crippen molar-refractivity contribution in [2.75, 3.05) is 46.6 Å². The number of nitrogens with one attached hydrogen (secondary N) is 1. The molecule has 1 unspecified atom stereocenters. The number of quaternary nitrogens is 1. The number of allylic oxidation sites excluding steroid dienone is 1. The molecule has 1 N–H and O–H groups in total. The Morgan fingerprint density at radius 1 is 1.31 bits per heavy atom. The van der Waals surface area contributed by atoms with Gasteiger partial charge in [0.05, 0.1) is 27.7 Å². The van der Waals surface area contributed by atoms with Gasteiger partial charge in [0.2, 0.25) is 5.91 Å². The van der Waals surface area contributed by atoms with Crippen LogP contribution < -0.4 is 5.32 Å². The maximum absolute atomic E-state index is 11.1. The summed E-state index contributed by atoms with van der Waals surface area (Å²) in [4.78, 5) is 11.1. The van der Waals surface area contributed by atoms with Gasteiger partial charge >= 0.3 is 0 Å². The summed E-state index contributed by atoms with van der Waals surface area (Å²) in [5.74, 6) is 0.0252. The first kappa shape index (κ1) is 15.6. The second kappa shape index (κ2) is 8.72. The van der Waals surface area contributed by atoms with E-state index in [1.807, 2.05) is 6.92 Å². The molecule has 0 radical (unpaired) electrons. The molecule has 1 atom stereocenters. The molecule has 16 heavy (non-hydrogen) atoms. The van der Waals surface area contributed by atoms with Gasteiger partial charge in [-0.25, -0.2) is 0 Å². The zero-order chi connectivity index (χ0) is 12.4. The summed E-state index contributed by atoms with van der Waals surface area (Å²) < 4.78 is 1.05. The Kier molecular flexibility index (Phi) is 8.50. The van der Waals surface area contributed by atoms with Crippen LogP contribution in [-0.4, -0.2) is 56.9 Å². The normalized spacial score (nSPS) is 12.8. The van der Waals surface area contributed by atoms with Crippen LogP contribution in [0.2, 0.25) is 0 Å². The van der Waals surface area contributed by atoms with E-state index >= 15 is 0 Å². The van der Waals surface area contributed by atoms with Crippen molar-refractivity contribution >= 4 is 14.5 Å². The molecule has 0 saturated carbocycles. The number of carbonyl (C=O) groups excluding carboxylic acids is 1. The van der Waals surface area contributed by atoms with Crippen LogP contribution in [0, 0.1) is 0 Å². The Morgan fingerprint density at radius 3 is 2.56 bits per heavy atom. The van der Waals surface area contributed by atoms with Crippen LogP contribution in [0.3, 0.4) is 0 Å². The molecule has 0 aromatic heterocycles. The van der Waals surface area contributed by atoms with Gasteiger partial charge in [-0.05, 0) is 25.6 Å². The molecule has 0 bridgehead atoms. The molecule has 0 aliphatic carbocycles. The third-order valence-electron chi connectivity index (χ3n) is 2.11. The molecule has 0 aliphatic rings. The fraction of sp³-hybridized carbons (Fsp3) is 0.750. The Bertz CT molecular complexity index is 222. The highest BCUT2D eigenvalue weighted by atomic mass is 31.1. The van der Waals surface area contributed by atoms with E-state index in [1.165, 1.54) is 18.9 Å². The molecule has 0 rings (SSSR count). The van der Waals surface area contributed by atoms with Crippen molar-refractivity contribution < 1.29 is 9.28 Å². The van der Waals surface area contributed by atoms with Crippen molar-refractivity contribution in [2.45, 2.75) is 13.3 Å². The molecule has 3 nitrogen and oxygen atoms in total. The predicted molar refractivity (Wildman–Crippen MR) is 73.4 cm³/mol. The number of rotatable bonds is 8. The Morgan fingerprint density at radius 2 is 2.00 bits per heavy atom. The minimum atomic E-state index is 0.0252. The summed E-state index contributed by atoms with van der Waals surface area (Å²) in [6.45, 7) is 3.90. The third kappa shape index (κ3) is 11.7. The van der Waals surface area contributed by atoms with E-state index < -0.39 is 0 Å². The van der Waals surface area contributed by atoms with Crippen LogP contribution in [0.1, 0.15) is 13.3 Å². The second-order valence-electron chi connectivity index (χ2n) is 4.91. The molecule has 0 aromatic rings. The van der Waals surface area contributed by atoms with Gasteiger partial charge in [-0.15, -0.1) is 8.58 Å². The lowest BCUT2D eigenvalue weighted by molar-refractivity contribution is -0.867. The lowest BCUT2D eigenvalue weighted by atomic mass is 10.4. The number of carbonyl (C=O) groups is 1.